The Morgan fingerprint density at radius 2 is 1.77 bits per heavy atom. The van der Waals surface area contributed by atoms with Gasteiger partial charge >= 0.3 is 12.5 Å². The highest BCUT2D eigenvalue weighted by Gasteiger charge is 2.33. The summed E-state index contributed by atoms with van der Waals surface area (Å²) in [5.41, 5.74) is 3.20. The van der Waals surface area contributed by atoms with Crippen molar-refractivity contribution in [3.8, 4) is 11.4 Å². The average molecular weight is 465 g/mol. The predicted molar refractivity (Wildman–Crippen MR) is 97.8 cm³/mol. The molecule has 0 aliphatic carbocycles. The zero-order valence-electron chi connectivity index (χ0n) is 15.1. The first kappa shape index (κ1) is 22.3. The third-order valence-electron chi connectivity index (χ3n) is 3.79. The molecule has 2 heterocycles. The van der Waals surface area contributed by atoms with Crippen molar-refractivity contribution < 1.29 is 35.9 Å². The number of amides is 1. The number of rotatable bonds is 5. The lowest BCUT2D eigenvalue weighted by Gasteiger charge is -2.16. The quantitative estimate of drug-likeness (QED) is 0.402. The molecule has 31 heavy (non-hydrogen) atoms. The number of carbonyl (C=O) groups excluding carboxylic acids is 1. The molecular formula is C18H11ClF6N4O2. The maximum atomic E-state index is 12.7. The lowest BCUT2D eigenvalue weighted by molar-refractivity contribution is -0.274. The molecule has 0 unspecified atom stereocenters. The molecule has 0 saturated heterocycles. The highest BCUT2D eigenvalue weighted by Crippen LogP contribution is 2.32. The van der Waals surface area contributed by atoms with E-state index in [0.717, 1.165) is 10.6 Å². The van der Waals surface area contributed by atoms with Crippen LogP contribution in [0.5, 0.6) is 5.75 Å². The molecule has 0 fully saturated rings. The minimum absolute atomic E-state index is 0.0688. The second-order valence-electron chi connectivity index (χ2n) is 5.91. The van der Waals surface area contributed by atoms with Crippen molar-refractivity contribution in [3.05, 3.63) is 71.1 Å². The van der Waals surface area contributed by atoms with Crippen LogP contribution in [0.4, 0.5) is 32.2 Å². The van der Waals surface area contributed by atoms with Crippen molar-refractivity contribution in [2.45, 2.75) is 12.5 Å². The zero-order chi connectivity index (χ0) is 22.8. The van der Waals surface area contributed by atoms with Gasteiger partial charge in [-0.3, -0.25) is 15.6 Å². The summed E-state index contributed by atoms with van der Waals surface area (Å²) in [7, 11) is 0. The Bertz CT molecular complexity index is 1100. The van der Waals surface area contributed by atoms with Crippen molar-refractivity contribution in [2.24, 2.45) is 0 Å². The summed E-state index contributed by atoms with van der Waals surface area (Å²) in [6.45, 7) is 0. The second kappa shape index (κ2) is 8.38. The van der Waals surface area contributed by atoms with Crippen LogP contribution in [-0.2, 0) is 6.18 Å². The third-order valence-corrected chi connectivity index (χ3v) is 4.08. The zero-order valence-corrected chi connectivity index (χ0v) is 15.8. The van der Waals surface area contributed by atoms with Gasteiger partial charge in [0.05, 0.1) is 16.3 Å². The number of nitrogens with zero attached hydrogens (tertiary/aromatic N) is 2. The summed E-state index contributed by atoms with van der Waals surface area (Å²) in [4.78, 5) is 16.0. The van der Waals surface area contributed by atoms with Gasteiger partial charge in [0.25, 0.3) is 5.91 Å². The lowest BCUT2D eigenvalue weighted by atomic mass is 10.2. The number of hydrogen-bond acceptors (Lipinski definition) is 4. The van der Waals surface area contributed by atoms with E-state index < -0.39 is 34.8 Å². The minimum Gasteiger partial charge on any atom is -0.404 e. The van der Waals surface area contributed by atoms with Gasteiger partial charge in [-0.15, -0.1) is 13.2 Å². The van der Waals surface area contributed by atoms with Crippen molar-refractivity contribution in [1.29, 1.82) is 0 Å². The van der Waals surface area contributed by atoms with E-state index in [1.807, 2.05) is 0 Å². The van der Waals surface area contributed by atoms with Gasteiger partial charge in [-0.2, -0.15) is 13.2 Å². The van der Waals surface area contributed by atoms with Crippen LogP contribution in [0.3, 0.4) is 0 Å². The molecule has 0 aliphatic rings. The number of para-hydroxylation sites is 2. The molecular weight excluding hydrogens is 454 g/mol. The van der Waals surface area contributed by atoms with Crippen LogP contribution < -0.4 is 15.6 Å². The van der Waals surface area contributed by atoms with Crippen molar-refractivity contribution in [1.82, 2.24) is 15.0 Å². The molecule has 1 amide bonds. The molecule has 0 spiro atoms. The monoisotopic (exact) mass is 464 g/mol. The molecule has 3 aromatic rings. The van der Waals surface area contributed by atoms with Crippen molar-refractivity contribution in [2.75, 3.05) is 5.43 Å². The Kier molecular flexibility index (Phi) is 6.02. The van der Waals surface area contributed by atoms with E-state index in [1.165, 1.54) is 36.5 Å². The standard InChI is InChI=1S/C18H11ClF6N4O2/c19-11-8-10(17(20,21)22)9-26-15(11)27-28-16(30)13-5-3-7-29(13)12-4-1-2-6-14(12)31-18(23,24)25/h1-9H,(H,26,27)(H,28,30). The molecule has 2 aromatic heterocycles. The van der Waals surface area contributed by atoms with Gasteiger partial charge in [-0.05, 0) is 30.3 Å². The first-order chi connectivity index (χ1) is 14.5. The first-order valence-corrected chi connectivity index (χ1v) is 8.65. The number of nitrogens with one attached hydrogen (secondary N) is 2. The Hall–Kier alpha value is -3.41. The van der Waals surface area contributed by atoms with Crippen LogP contribution in [0.2, 0.25) is 5.02 Å². The largest absolute Gasteiger partial charge is 0.573 e. The molecule has 6 nitrogen and oxygen atoms in total. The van der Waals surface area contributed by atoms with E-state index in [0.29, 0.717) is 12.3 Å². The fraction of sp³-hybridized carbons (Fsp3) is 0.111. The Morgan fingerprint density at radius 1 is 1.06 bits per heavy atom. The molecule has 164 valence electrons. The van der Waals surface area contributed by atoms with Crippen LogP contribution in [0.1, 0.15) is 16.1 Å². The number of hydrogen-bond donors (Lipinski definition) is 2. The summed E-state index contributed by atoms with van der Waals surface area (Å²) < 4.78 is 81.1. The molecule has 1 aromatic carbocycles. The van der Waals surface area contributed by atoms with E-state index in [1.54, 1.807) is 0 Å². The number of hydrazine groups is 1. The maximum Gasteiger partial charge on any atom is 0.573 e. The van der Waals surface area contributed by atoms with Gasteiger partial charge in [0.15, 0.2) is 11.6 Å². The highest BCUT2D eigenvalue weighted by molar-refractivity contribution is 6.33. The van der Waals surface area contributed by atoms with E-state index >= 15 is 0 Å². The molecule has 0 aliphatic heterocycles. The summed E-state index contributed by atoms with van der Waals surface area (Å²) in [5, 5.41) is -0.408. The Labute approximate surface area is 175 Å². The summed E-state index contributed by atoms with van der Waals surface area (Å²) in [6.07, 6.45) is -7.74. The molecule has 13 heteroatoms. The number of ether oxygens (including phenoxy) is 1. The lowest BCUT2D eigenvalue weighted by Crippen LogP contribution is -2.31. The number of carbonyl (C=O) groups is 1. The smallest absolute Gasteiger partial charge is 0.404 e. The maximum absolute atomic E-state index is 12.7. The van der Waals surface area contributed by atoms with Crippen LogP contribution in [-0.4, -0.2) is 21.8 Å². The van der Waals surface area contributed by atoms with Crippen LogP contribution >= 0.6 is 11.6 Å². The first-order valence-electron chi connectivity index (χ1n) is 8.27. The molecule has 0 radical (unpaired) electrons. The van der Waals surface area contributed by atoms with E-state index in [-0.39, 0.29) is 17.2 Å². The highest BCUT2D eigenvalue weighted by atomic mass is 35.5. The second-order valence-corrected chi connectivity index (χ2v) is 6.32. The van der Waals surface area contributed by atoms with Crippen molar-refractivity contribution >= 4 is 23.3 Å². The Balaban J connectivity index is 1.80. The van der Waals surface area contributed by atoms with Gasteiger partial charge in [-0.25, -0.2) is 4.98 Å². The molecule has 0 saturated carbocycles. The minimum atomic E-state index is -4.95. The summed E-state index contributed by atoms with van der Waals surface area (Å²) in [5.74, 6) is -1.63. The molecule has 2 N–H and O–H groups in total. The van der Waals surface area contributed by atoms with Gasteiger partial charge in [0, 0.05) is 12.4 Å². The van der Waals surface area contributed by atoms with Crippen LogP contribution in [0.25, 0.3) is 5.69 Å². The molecule has 0 bridgehead atoms. The van der Waals surface area contributed by atoms with Crippen LogP contribution in [0.15, 0.2) is 54.9 Å². The normalized spacial score (nSPS) is 11.8. The van der Waals surface area contributed by atoms with E-state index in [4.69, 9.17) is 11.6 Å². The average Bonchev–Trinajstić information content (AvgIpc) is 3.15. The van der Waals surface area contributed by atoms with E-state index in [9.17, 15) is 31.1 Å². The number of aromatic nitrogens is 2. The molecule has 3 rings (SSSR count). The number of benzene rings is 1. The third kappa shape index (κ3) is 5.40. The van der Waals surface area contributed by atoms with Gasteiger partial charge in [0.2, 0.25) is 0 Å². The summed E-state index contributed by atoms with van der Waals surface area (Å²) in [6, 6.07) is 8.49. The fourth-order valence-corrected chi connectivity index (χ4v) is 2.72. The SMILES string of the molecule is O=C(NNc1ncc(C(F)(F)F)cc1Cl)c1cccn1-c1ccccc1OC(F)(F)F. The van der Waals surface area contributed by atoms with Gasteiger partial charge in [0.1, 0.15) is 5.69 Å². The van der Waals surface area contributed by atoms with Crippen molar-refractivity contribution in [3.63, 3.8) is 0 Å². The Morgan fingerprint density at radius 3 is 2.42 bits per heavy atom. The number of alkyl halides is 6. The summed E-state index contributed by atoms with van der Waals surface area (Å²) >= 11 is 5.75. The molecule has 0 atom stereocenters. The van der Waals surface area contributed by atoms with Gasteiger partial charge in [-0.1, -0.05) is 23.7 Å². The number of anilines is 1. The van der Waals surface area contributed by atoms with E-state index in [2.05, 4.69) is 20.6 Å². The van der Waals surface area contributed by atoms with Crippen LogP contribution in [0, 0.1) is 0 Å². The number of halogens is 7. The van der Waals surface area contributed by atoms with Gasteiger partial charge < -0.3 is 9.30 Å². The topological polar surface area (TPSA) is 68.2 Å². The fourth-order valence-electron chi connectivity index (χ4n) is 2.51. The predicted octanol–water partition coefficient (Wildman–Crippen LogP) is 5.20. The number of pyridine rings is 1.